The highest BCUT2D eigenvalue weighted by Gasteiger charge is 2.25. The van der Waals surface area contributed by atoms with Crippen LogP contribution < -0.4 is 5.32 Å². The Bertz CT molecular complexity index is 717. The maximum absolute atomic E-state index is 12.3. The molecule has 0 bridgehead atoms. The van der Waals surface area contributed by atoms with Crippen molar-refractivity contribution in [2.75, 3.05) is 0 Å². The highest BCUT2D eigenvalue weighted by Crippen LogP contribution is 2.21. The van der Waals surface area contributed by atoms with Crippen molar-refractivity contribution in [3.05, 3.63) is 23.8 Å². The van der Waals surface area contributed by atoms with E-state index in [1.807, 2.05) is 13.8 Å². The molecule has 2 heterocycles. The van der Waals surface area contributed by atoms with Gasteiger partial charge in [0, 0.05) is 13.2 Å². The first-order valence-electron chi connectivity index (χ1n) is 7.28. The number of carbonyl (C=O) groups excluding carboxylic acids is 1. The lowest BCUT2D eigenvalue weighted by Crippen LogP contribution is -2.42. The van der Waals surface area contributed by atoms with Crippen molar-refractivity contribution in [2.45, 2.75) is 33.2 Å². The number of hydrogen-bond donors (Lipinski definition) is 2. The Balaban J connectivity index is 2.19. The number of aromatic nitrogens is 3. The Morgan fingerprint density at radius 1 is 1.43 bits per heavy atom. The Labute approximate surface area is 133 Å². The molecule has 2 aromatic heterocycles. The van der Waals surface area contributed by atoms with E-state index in [1.54, 1.807) is 31.0 Å². The fourth-order valence-electron chi connectivity index (χ4n) is 2.18. The van der Waals surface area contributed by atoms with Gasteiger partial charge in [-0.05, 0) is 19.3 Å². The van der Waals surface area contributed by atoms with E-state index in [1.165, 1.54) is 0 Å². The summed E-state index contributed by atoms with van der Waals surface area (Å²) in [5.41, 5.74) is 0.727. The van der Waals surface area contributed by atoms with E-state index in [2.05, 4.69) is 15.4 Å². The van der Waals surface area contributed by atoms with Crippen molar-refractivity contribution < 1.29 is 19.1 Å². The van der Waals surface area contributed by atoms with Crippen molar-refractivity contribution >= 4 is 11.9 Å². The summed E-state index contributed by atoms with van der Waals surface area (Å²) in [7, 11) is 1.76. The second kappa shape index (κ2) is 6.64. The first kappa shape index (κ1) is 16.7. The summed E-state index contributed by atoms with van der Waals surface area (Å²) in [6.07, 6.45) is 3.63. The van der Waals surface area contributed by atoms with Gasteiger partial charge in [-0.3, -0.25) is 9.48 Å². The zero-order valence-corrected chi connectivity index (χ0v) is 13.5. The molecule has 23 heavy (non-hydrogen) atoms. The zero-order chi connectivity index (χ0) is 17.1. The van der Waals surface area contributed by atoms with Gasteiger partial charge in [-0.1, -0.05) is 13.8 Å². The van der Waals surface area contributed by atoms with E-state index in [9.17, 15) is 14.7 Å². The van der Waals surface area contributed by atoms with Gasteiger partial charge in [-0.15, -0.1) is 0 Å². The second-order valence-electron chi connectivity index (χ2n) is 5.82. The standard InChI is InChI=1S/C15H20N4O4/c1-8(2)5-11(15(21)22)17-13(20)12-9(3)23-14(18-12)10-6-16-19(4)7-10/h6-8,11H,5H2,1-4H3,(H,17,20)(H,21,22)/t11-/m1/s1. The Morgan fingerprint density at radius 2 is 2.13 bits per heavy atom. The van der Waals surface area contributed by atoms with Gasteiger partial charge in [0.15, 0.2) is 5.69 Å². The summed E-state index contributed by atoms with van der Waals surface area (Å²) >= 11 is 0. The summed E-state index contributed by atoms with van der Waals surface area (Å²) < 4.78 is 7.08. The van der Waals surface area contributed by atoms with Crippen LogP contribution in [-0.4, -0.2) is 37.8 Å². The Kier molecular flexibility index (Phi) is 4.83. The minimum absolute atomic E-state index is 0.0823. The van der Waals surface area contributed by atoms with Crippen LogP contribution in [0.5, 0.6) is 0 Å². The lowest BCUT2D eigenvalue weighted by Gasteiger charge is -2.15. The molecule has 0 aliphatic heterocycles. The summed E-state index contributed by atoms with van der Waals surface area (Å²) in [6.45, 7) is 5.40. The van der Waals surface area contributed by atoms with E-state index >= 15 is 0 Å². The fourth-order valence-corrected chi connectivity index (χ4v) is 2.18. The van der Waals surface area contributed by atoms with Crippen LogP contribution in [0.3, 0.4) is 0 Å². The third kappa shape index (κ3) is 3.97. The molecule has 0 aromatic carbocycles. The van der Waals surface area contributed by atoms with Gasteiger partial charge >= 0.3 is 5.97 Å². The number of nitrogens with one attached hydrogen (secondary N) is 1. The number of oxazole rings is 1. The SMILES string of the molecule is Cc1oc(-c2cnn(C)c2)nc1C(=O)N[C@H](CC(C)C)C(=O)O. The van der Waals surface area contributed by atoms with Crippen LogP contribution in [0, 0.1) is 12.8 Å². The molecule has 0 unspecified atom stereocenters. The minimum atomic E-state index is -1.07. The summed E-state index contributed by atoms with van der Waals surface area (Å²) in [5, 5.41) is 15.7. The number of aryl methyl sites for hydroxylation is 2. The molecular formula is C15H20N4O4. The first-order chi connectivity index (χ1) is 10.8. The molecule has 0 saturated carbocycles. The van der Waals surface area contributed by atoms with Crippen molar-refractivity contribution in [1.29, 1.82) is 0 Å². The quantitative estimate of drug-likeness (QED) is 0.836. The molecule has 1 atom stereocenters. The average molecular weight is 320 g/mol. The van der Waals surface area contributed by atoms with E-state index in [-0.39, 0.29) is 17.5 Å². The molecular weight excluding hydrogens is 300 g/mol. The lowest BCUT2D eigenvalue weighted by atomic mass is 10.0. The molecule has 124 valence electrons. The lowest BCUT2D eigenvalue weighted by molar-refractivity contribution is -0.139. The molecule has 0 saturated heterocycles. The van der Waals surface area contributed by atoms with E-state index in [0.29, 0.717) is 17.7 Å². The molecule has 2 rings (SSSR count). The van der Waals surface area contributed by atoms with E-state index in [4.69, 9.17) is 4.42 Å². The summed E-state index contributed by atoms with van der Waals surface area (Å²) in [5.74, 6) is -0.887. The smallest absolute Gasteiger partial charge is 0.326 e. The number of hydrogen-bond acceptors (Lipinski definition) is 5. The highest BCUT2D eigenvalue weighted by atomic mass is 16.4. The highest BCUT2D eigenvalue weighted by molar-refractivity contribution is 5.96. The molecule has 0 aliphatic carbocycles. The van der Waals surface area contributed by atoms with Crippen LogP contribution in [0.15, 0.2) is 16.8 Å². The van der Waals surface area contributed by atoms with E-state index < -0.39 is 17.9 Å². The number of nitrogens with zero attached hydrogens (tertiary/aromatic N) is 3. The molecule has 2 N–H and O–H groups in total. The van der Waals surface area contributed by atoms with Gasteiger partial charge in [0.25, 0.3) is 5.91 Å². The molecule has 0 radical (unpaired) electrons. The molecule has 0 spiro atoms. The maximum Gasteiger partial charge on any atom is 0.326 e. The maximum atomic E-state index is 12.3. The molecule has 0 fully saturated rings. The number of carboxylic acid groups (broad SMARTS) is 1. The monoisotopic (exact) mass is 320 g/mol. The van der Waals surface area contributed by atoms with Crippen molar-refractivity contribution in [2.24, 2.45) is 13.0 Å². The Morgan fingerprint density at radius 3 is 2.65 bits per heavy atom. The average Bonchev–Trinajstić information content (AvgIpc) is 3.03. The van der Waals surface area contributed by atoms with Crippen LogP contribution >= 0.6 is 0 Å². The normalized spacial score (nSPS) is 12.4. The first-order valence-corrected chi connectivity index (χ1v) is 7.28. The number of rotatable bonds is 6. The predicted octanol–water partition coefficient (Wildman–Crippen LogP) is 1.61. The zero-order valence-electron chi connectivity index (χ0n) is 13.5. The number of amides is 1. The fraction of sp³-hybridized carbons (Fsp3) is 0.467. The van der Waals surface area contributed by atoms with Gasteiger partial charge in [0.2, 0.25) is 5.89 Å². The molecule has 8 heteroatoms. The van der Waals surface area contributed by atoms with Crippen molar-refractivity contribution in [3.63, 3.8) is 0 Å². The number of carboxylic acids is 1. The van der Waals surface area contributed by atoms with Crippen LogP contribution in [0.1, 0.15) is 36.5 Å². The molecule has 8 nitrogen and oxygen atoms in total. The van der Waals surface area contributed by atoms with Crippen LogP contribution in [0.2, 0.25) is 0 Å². The largest absolute Gasteiger partial charge is 0.480 e. The van der Waals surface area contributed by atoms with Crippen molar-refractivity contribution in [3.8, 4) is 11.5 Å². The number of carbonyl (C=O) groups is 2. The van der Waals surface area contributed by atoms with Gasteiger partial charge < -0.3 is 14.8 Å². The van der Waals surface area contributed by atoms with Crippen LogP contribution in [0.4, 0.5) is 0 Å². The Hall–Kier alpha value is -2.64. The van der Waals surface area contributed by atoms with Gasteiger partial charge in [0.1, 0.15) is 11.8 Å². The van der Waals surface area contributed by atoms with E-state index in [0.717, 1.165) is 0 Å². The second-order valence-corrected chi connectivity index (χ2v) is 5.82. The summed E-state index contributed by atoms with van der Waals surface area (Å²) in [4.78, 5) is 27.7. The van der Waals surface area contributed by atoms with Gasteiger partial charge in [-0.25, -0.2) is 9.78 Å². The minimum Gasteiger partial charge on any atom is -0.480 e. The topological polar surface area (TPSA) is 110 Å². The van der Waals surface area contributed by atoms with Gasteiger partial charge in [-0.2, -0.15) is 5.10 Å². The van der Waals surface area contributed by atoms with Gasteiger partial charge in [0.05, 0.1) is 11.8 Å². The molecule has 2 aromatic rings. The predicted molar refractivity (Wildman–Crippen MR) is 81.8 cm³/mol. The molecule has 1 amide bonds. The number of aliphatic carboxylic acids is 1. The van der Waals surface area contributed by atoms with Crippen molar-refractivity contribution in [1.82, 2.24) is 20.1 Å². The van der Waals surface area contributed by atoms with Crippen LogP contribution in [0.25, 0.3) is 11.5 Å². The summed E-state index contributed by atoms with van der Waals surface area (Å²) in [6, 6.07) is -0.958. The van der Waals surface area contributed by atoms with Crippen LogP contribution in [-0.2, 0) is 11.8 Å². The third-order valence-corrected chi connectivity index (χ3v) is 3.27. The molecule has 0 aliphatic rings. The third-order valence-electron chi connectivity index (χ3n) is 3.27.